The van der Waals surface area contributed by atoms with E-state index < -0.39 is 12.0 Å². The van der Waals surface area contributed by atoms with Crippen LogP contribution in [-0.4, -0.2) is 16.1 Å². The van der Waals surface area contributed by atoms with Crippen molar-refractivity contribution in [1.82, 2.24) is 4.98 Å². The maximum absolute atomic E-state index is 10.3. The summed E-state index contributed by atoms with van der Waals surface area (Å²) in [5.41, 5.74) is 5.56. The number of hydrogen-bond acceptors (Lipinski definition) is 4. The minimum atomic E-state index is -0.908. The molecule has 0 unspecified atom stereocenters. The number of rotatable bonds is 3. The van der Waals surface area contributed by atoms with Gasteiger partial charge in [0.2, 0.25) is 0 Å². The van der Waals surface area contributed by atoms with Crippen LogP contribution in [0.5, 0.6) is 0 Å². The van der Waals surface area contributed by atoms with Crippen LogP contribution < -0.4 is 5.73 Å². The Bertz CT molecular complexity index is 289. The van der Waals surface area contributed by atoms with Gasteiger partial charge in [0.25, 0.3) is 0 Å². The molecular weight excluding hydrogens is 244 g/mol. The first-order valence-corrected chi connectivity index (χ1v) is 4.79. The quantitative estimate of drug-likeness (QED) is 0.850. The summed E-state index contributed by atoms with van der Waals surface area (Å²) < 4.78 is 0.860. The zero-order valence-electron chi connectivity index (χ0n) is 6.03. The van der Waals surface area contributed by atoms with E-state index in [1.165, 1.54) is 11.3 Å². The topological polar surface area (TPSA) is 76.2 Å². The summed E-state index contributed by atoms with van der Waals surface area (Å²) in [6.45, 7) is 0. The molecule has 1 aromatic heterocycles. The van der Waals surface area contributed by atoms with Crippen LogP contribution in [0.3, 0.4) is 0 Å². The van der Waals surface area contributed by atoms with E-state index >= 15 is 0 Å². The Morgan fingerprint density at radius 1 is 1.92 bits per heavy atom. The van der Waals surface area contributed by atoms with Gasteiger partial charge in [-0.15, -0.1) is 11.3 Å². The zero-order chi connectivity index (χ0) is 9.14. The molecule has 0 aliphatic heterocycles. The molecule has 1 heterocycles. The van der Waals surface area contributed by atoms with Gasteiger partial charge in [-0.3, -0.25) is 4.79 Å². The largest absolute Gasteiger partial charge is 0.481 e. The Morgan fingerprint density at radius 2 is 2.58 bits per heavy atom. The van der Waals surface area contributed by atoms with Gasteiger partial charge in [-0.1, -0.05) is 0 Å². The second kappa shape index (κ2) is 3.97. The molecule has 1 aromatic rings. The molecule has 0 radical (unpaired) electrons. The van der Waals surface area contributed by atoms with Crippen LogP contribution in [0.25, 0.3) is 0 Å². The Hall–Kier alpha value is -0.460. The fourth-order valence-corrected chi connectivity index (χ4v) is 1.96. The van der Waals surface area contributed by atoms with Crippen LogP contribution in [0.15, 0.2) is 9.98 Å². The van der Waals surface area contributed by atoms with Gasteiger partial charge < -0.3 is 10.8 Å². The molecule has 0 saturated carbocycles. The van der Waals surface area contributed by atoms with Gasteiger partial charge in [-0.05, 0) is 15.9 Å². The molecule has 1 rings (SSSR count). The van der Waals surface area contributed by atoms with Crippen molar-refractivity contribution in [2.75, 3.05) is 0 Å². The molecule has 4 nitrogen and oxygen atoms in total. The molecule has 0 bridgehead atoms. The number of halogens is 1. The Balaban J connectivity index is 2.64. The summed E-state index contributed by atoms with van der Waals surface area (Å²) in [6.07, 6.45) is 1.53. The maximum atomic E-state index is 10.3. The average molecular weight is 251 g/mol. The fraction of sp³-hybridized carbons (Fsp3) is 0.333. The lowest BCUT2D eigenvalue weighted by Crippen LogP contribution is -2.14. The first-order chi connectivity index (χ1) is 5.59. The van der Waals surface area contributed by atoms with Crippen molar-refractivity contribution in [3.05, 3.63) is 15.0 Å². The van der Waals surface area contributed by atoms with Gasteiger partial charge in [0.1, 0.15) is 5.01 Å². The molecule has 0 saturated heterocycles. The van der Waals surface area contributed by atoms with E-state index in [4.69, 9.17) is 10.8 Å². The van der Waals surface area contributed by atoms with Crippen molar-refractivity contribution in [3.63, 3.8) is 0 Å². The van der Waals surface area contributed by atoms with E-state index in [-0.39, 0.29) is 6.42 Å². The molecular formula is C6H7BrN2O2S. The van der Waals surface area contributed by atoms with Crippen LogP contribution in [0.2, 0.25) is 0 Å². The molecule has 12 heavy (non-hydrogen) atoms. The van der Waals surface area contributed by atoms with Crippen LogP contribution in [0, 0.1) is 0 Å². The lowest BCUT2D eigenvalue weighted by molar-refractivity contribution is -0.137. The van der Waals surface area contributed by atoms with Crippen LogP contribution in [0.1, 0.15) is 17.5 Å². The third-order valence-corrected chi connectivity index (χ3v) is 2.82. The average Bonchev–Trinajstić information content (AvgIpc) is 2.34. The van der Waals surface area contributed by atoms with E-state index in [2.05, 4.69) is 20.9 Å². The van der Waals surface area contributed by atoms with Gasteiger partial charge in [0, 0.05) is 0 Å². The number of aromatic nitrogens is 1. The summed E-state index contributed by atoms with van der Waals surface area (Å²) in [5, 5.41) is 9.08. The van der Waals surface area contributed by atoms with Crippen molar-refractivity contribution in [2.24, 2.45) is 5.73 Å². The molecule has 0 amide bonds. The first kappa shape index (κ1) is 9.63. The first-order valence-electron chi connectivity index (χ1n) is 3.18. The number of carboxylic acids is 1. The molecule has 6 heteroatoms. The summed E-state index contributed by atoms with van der Waals surface area (Å²) in [5.74, 6) is -0.908. The maximum Gasteiger partial charge on any atom is 0.305 e. The monoisotopic (exact) mass is 250 g/mol. The van der Waals surface area contributed by atoms with E-state index in [0.717, 1.165) is 3.79 Å². The molecule has 1 atom stereocenters. The summed E-state index contributed by atoms with van der Waals surface area (Å²) in [7, 11) is 0. The van der Waals surface area contributed by atoms with Crippen molar-refractivity contribution < 1.29 is 9.90 Å². The Kier molecular flexibility index (Phi) is 3.19. The second-order valence-corrected chi connectivity index (χ2v) is 4.65. The van der Waals surface area contributed by atoms with Crippen LogP contribution in [-0.2, 0) is 4.79 Å². The van der Waals surface area contributed by atoms with Crippen LogP contribution in [0.4, 0.5) is 0 Å². The number of hydrogen-bond donors (Lipinski definition) is 2. The third kappa shape index (κ3) is 2.54. The van der Waals surface area contributed by atoms with Gasteiger partial charge in [0.05, 0.1) is 22.4 Å². The lowest BCUT2D eigenvalue weighted by Gasteiger charge is -2.02. The molecule has 0 aromatic carbocycles. The van der Waals surface area contributed by atoms with Crippen LogP contribution >= 0.6 is 27.3 Å². The van der Waals surface area contributed by atoms with E-state index in [1.54, 1.807) is 6.20 Å². The molecule has 0 spiro atoms. The fourth-order valence-electron chi connectivity index (χ4n) is 0.714. The summed E-state index contributed by atoms with van der Waals surface area (Å²) in [6, 6.07) is -0.501. The van der Waals surface area contributed by atoms with Gasteiger partial charge in [-0.2, -0.15) is 0 Å². The molecule has 3 N–H and O–H groups in total. The van der Waals surface area contributed by atoms with Gasteiger partial charge in [-0.25, -0.2) is 4.98 Å². The highest BCUT2D eigenvalue weighted by molar-refractivity contribution is 9.11. The SMILES string of the molecule is N[C@H](CC(=O)O)c1ncc(Br)s1. The number of aliphatic carboxylic acids is 1. The number of thiazole rings is 1. The number of carbonyl (C=O) groups is 1. The van der Waals surface area contributed by atoms with Gasteiger partial charge in [0.15, 0.2) is 0 Å². The standard InChI is InChI=1S/C6H7BrN2O2S/c7-4-2-9-6(12-4)3(8)1-5(10)11/h2-3H,1,8H2,(H,10,11)/t3-/m1/s1. The summed E-state index contributed by atoms with van der Waals surface area (Å²) >= 11 is 4.57. The third-order valence-electron chi connectivity index (χ3n) is 1.21. The van der Waals surface area contributed by atoms with Crippen molar-refractivity contribution >= 4 is 33.2 Å². The van der Waals surface area contributed by atoms with Gasteiger partial charge >= 0.3 is 5.97 Å². The normalized spacial score (nSPS) is 12.8. The smallest absolute Gasteiger partial charge is 0.305 e. The predicted molar refractivity (Wildman–Crippen MR) is 49.0 cm³/mol. The Morgan fingerprint density at radius 3 is 3.00 bits per heavy atom. The van der Waals surface area contributed by atoms with Crippen molar-refractivity contribution in [2.45, 2.75) is 12.5 Å². The van der Waals surface area contributed by atoms with E-state index in [0.29, 0.717) is 5.01 Å². The highest BCUT2D eigenvalue weighted by atomic mass is 79.9. The minimum absolute atomic E-state index is 0.0834. The van der Waals surface area contributed by atoms with Crippen molar-refractivity contribution in [3.8, 4) is 0 Å². The second-order valence-electron chi connectivity index (χ2n) is 2.21. The molecule has 0 fully saturated rings. The zero-order valence-corrected chi connectivity index (χ0v) is 8.43. The number of nitrogens with two attached hydrogens (primary N) is 1. The molecule has 0 aliphatic rings. The van der Waals surface area contributed by atoms with E-state index in [1.807, 2.05) is 0 Å². The molecule has 66 valence electrons. The van der Waals surface area contributed by atoms with Crippen molar-refractivity contribution in [1.29, 1.82) is 0 Å². The highest BCUT2D eigenvalue weighted by Crippen LogP contribution is 2.24. The molecule has 0 aliphatic carbocycles. The number of nitrogens with zero attached hydrogens (tertiary/aromatic N) is 1. The predicted octanol–water partition coefficient (Wildman–Crippen LogP) is 1.38. The lowest BCUT2D eigenvalue weighted by atomic mass is 10.2. The highest BCUT2D eigenvalue weighted by Gasteiger charge is 2.13. The van der Waals surface area contributed by atoms with E-state index in [9.17, 15) is 4.79 Å². The Labute approximate surface area is 81.5 Å². The minimum Gasteiger partial charge on any atom is -0.481 e. The number of carboxylic acid groups (broad SMARTS) is 1. The summed E-state index contributed by atoms with van der Waals surface area (Å²) in [4.78, 5) is 14.2.